The number of aliphatic hydroxyl groups excluding tert-OH is 1. The second-order valence-electron chi connectivity index (χ2n) is 4.86. The summed E-state index contributed by atoms with van der Waals surface area (Å²) in [4.78, 5) is 22.2. The molecule has 0 radical (unpaired) electrons. The molecular weight excluding hydrogens is 222 g/mol. The molecule has 0 saturated heterocycles. The summed E-state index contributed by atoms with van der Waals surface area (Å²) < 4.78 is 0. The molecule has 0 aromatic carbocycles. The number of hydrogen-bond donors (Lipinski definition) is 4. The molecule has 0 aliphatic heterocycles. The second kappa shape index (κ2) is 5.97. The van der Waals surface area contributed by atoms with E-state index < -0.39 is 11.9 Å². The Hall–Kier alpha value is -1.14. The van der Waals surface area contributed by atoms with Gasteiger partial charge in [-0.2, -0.15) is 0 Å². The second-order valence-corrected chi connectivity index (χ2v) is 4.86. The molecule has 6 nitrogen and oxygen atoms in total. The number of aliphatic hydroxyl groups is 1. The number of carbonyl (C=O) groups excluding carboxylic acids is 2. The van der Waals surface area contributed by atoms with Gasteiger partial charge >= 0.3 is 0 Å². The van der Waals surface area contributed by atoms with Crippen LogP contribution in [0.2, 0.25) is 0 Å². The van der Waals surface area contributed by atoms with Crippen molar-refractivity contribution < 1.29 is 14.7 Å². The largest absolute Gasteiger partial charge is 0.396 e. The van der Waals surface area contributed by atoms with Gasteiger partial charge in [-0.15, -0.1) is 0 Å². The van der Waals surface area contributed by atoms with Gasteiger partial charge in [0.05, 0.1) is 19.1 Å². The van der Waals surface area contributed by atoms with Crippen LogP contribution >= 0.6 is 0 Å². The van der Waals surface area contributed by atoms with Crippen molar-refractivity contribution in [2.45, 2.75) is 38.1 Å². The molecule has 1 unspecified atom stereocenters. The summed E-state index contributed by atoms with van der Waals surface area (Å²) in [5, 5.41) is 12.0. The molecule has 1 rings (SSSR count). The number of hydrogen-bond acceptors (Lipinski definition) is 4. The predicted molar refractivity (Wildman–Crippen MR) is 62.8 cm³/mol. The fourth-order valence-electron chi connectivity index (χ4n) is 2.23. The lowest BCUT2D eigenvalue weighted by molar-refractivity contribution is -0.126. The van der Waals surface area contributed by atoms with E-state index in [0.717, 1.165) is 25.7 Å². The summed E-state index contributed by atoms with van der Waals surface area (Å²) >= 11 is 0. The fraction of sp³-hybridized carbons (Fsp3) is 0.818. The van der Waals surface area contributed by atoms with E-state index >= 15 is 0 Å². The standard InChI is InChI=1S/C11H21N3O3/c12-8(5-9(13)16)10(17)14-6-11(7-15)3-1-2-4-11/h8,15H,1-7,12H2,(H2,13,16)(H,14,17). The van der Waals surface area contributed by atoms with Crippen molar-refractivity contribution >= 4 is 11.8 Å². The summed E-state index contributed by atoms with van der Waals surface area (Å²) in [5.74, 6) is -0.978. The third kappa shape index (κ3) is 3.98. The van der Waals surface area contributed by atoms with Gasteiger partial charge in [0.15, 0.2) is 0 Å². The normalized spacial score (nSPS) is 19.9. The maximum absolute atomic E-state index is 11.6. The first-order chi connectivity index (χ1) is 7.99. The van der Waals surface area contributed by atoms with Crippen LogP contribution in [0, 0.1) is 5.41 Å². The minimum atomic E-state index is -0.898. The molecule has 1 aliphatic carbocycles. The van der Waals surface area contributed by atoms with Gasteiger partial charge in [-0.3, -0.25) is 9.59 Å². The Morgan fingerprint density at radius 2 is 1.94 bits per heavy atom. The molecule has 0 spiro atoms. The van der Waals surface area contributed by atoms with Crippen LogP contribution in [0.4, 0.5) is 0 Å². The van der Waals surface area contributed by atoms with Crippen LogP contribution in [-0.2, 0) is 9.59 Å². The van der Waals surface area contributed by atoms with E-state index in [1.807, 2.05) is 0 Å². The molecule has 1 saturated carbocycles. The van der Waals surface area contributed by atoms with E-state index in [1.165, 1.54) is 0 Å². The van der Waals surface area contributed by atoms with Crippen LogP contribution < -0.4 is 16.8 Å². The Kier molecular flexibility index (Phi) is 4.89. The van der Waals surface area contributed by atoms with E-state index in [9.17, 15) is 14.7 Å². The molecule has 0 heterocycles. The van der Waals surface area contributed by atoms with Crippen molar-refractivity contribution in [3.8, 4) is 0 Å². The lowest BCUT2D eigenvalue weighted by Crippen LogP contribution is -2.47. The topological polar surface area (TPSA) is 118 Å². The van der Waals surface area contributed by atoms with Crippen molar-refractivity contribution in [2.24, 2.45) is 16.9 Å². The summed E-state index contributed by atoms with van der Waals surface area (Å²) in [6, 6.07) is -0.898. The van der Waals surface area contributed by atoms with Crippen molar-refractivity contribution in [3.63, 3.8) is 0 Å². The van der Waals surface area contributed by atoms with Gasteiger partial charge in [0.2, 0.25) is 11.8 Å². The Bertz CT molecular complexity index is 288. The summed E-state index contributed by atoms with van der Waals surface area (Å²) in [6.07, 6.45) is 3.81. The number of nitrogens with two attached hydrogens (primary N) is 2. The molecule has 6 N–H and O–H groups in total. The summed E-state index contributed by atoms with van der Waals surface area (Å²) in [5.41, 5.74) is 10.3. The van der Waals surface area contributed by atoms with E-state index in [2.05, 4.69) is 5.32 Å². The SMILES string of the molecule is NC(=O)CC(N)C(=O)NCC1(CO)CCCC1. The van der Waals surface area contributed by atoms with E-state index in [-0.39, 0.29) is 24.3 Å². The molecule has 0 aromatic heterocycles. The lowest BCUT2D eigenvalue weighted by atomic mass is 9.87. The zero-order valence-corrected chi connectivity index (χ0v) is 9.95. The average Bonchev–Trinajstić information content (AvgIpc) is 2.74. The highest BCUT2D eigenvalue weighted by molar-refractivity contribution is 5.87. The van der Waals surface area contributed by atoms with Gasteiger partial charge < -0.3 is 21.9 Å². The Balaban J connectivity index is 2.38. The molecule has 0 aromatic rings. The van der Waals surface area contributed by atoms with Gasteiger partial charge in [-0.05, 0) is 12.8 Å². The molecule has 2 amide bonds. The third-order valence-corrected chi connectivity index (χ3v) is 3.40. The lowest BCUT2D eigenvalue weighted by Gasteiger charge is -2.27. The van der Waals surface area contributed by atoms with Crippen LogP contribution in [0.3, 0.4) is 0 Å². The highest BCUT2D eigenvalue weighted by Gasteiger charge is 2.33. The van der Waals surface area contributed by atoms with Gasteiger partial charge in [-0.25, -0.2) is 0 Å². The van der Waals surface area contributed by atoms with Gasteiger partial charge in [0.25, 0.3) is 0 Å². The van der Waals surface area contributed by atoms with Crippen molar-refractivity contribution in [3.05, 3.63) is 0 Å². The highest BCUT2D eigenvalue weighted by Crippen LogP contribution is 2.36. The quantitative estimate of drug-likeness (QED) is 0.471. The molecule has 1 atom stereocenters. The smallest absolute Gasteiger partial charge is 0.237 e. The number of nitrogens with one attached hydrogen (secondary N) is 1. The van der Waals surface area contributed by atoms with Crippen molar-refractivity contribution in [2.75, 3.05) is 13.2 Å². The maximum Gasteiger partial charge on any atom is 0.237 e. The Morgan fingerprint density at radius 1 is 1.35 bits per heavy atom. The molecule has 6 heteroatoms. The maximum atomic E-state index is 11.6. The Labute approximate surface area is 101 Å². The molecule has 1 fully saturated rings. The highest BCUT2D eigenvalue weighted by atomic mass is 16.3. The van der Waals surface area contributed by atoms with Gasteiger partial charge in [-0.1, -0.05) is 12.8 Å². The molecular formula is C11H21N3O3. The number of amides is 2. The molecule has 1 aliphatic rings. The van der Waals surface area contributed by atoms with E-state index in [1.54, 1.807) is 0 Å². The molecule has 98 valence electrons. The number of carbonyl (C=O) groups is 2. The van der Waals surface area contributed by atoms with E-state index in [4.69, 9.17) is 11.5 Å². The average molecular weight is 243 g/mol. The zero-order chi connectivity index (χ0) is 12.9. The minimum Gasteiger partial charge on any atom is -0.396 e. The molecule has 0 bridgehead atoms. The van der Waals surface area contributed by atoms with Crippen LogP contribution in [0.1, 0.15) is 32.1 Å². The number of rotatable bonds is 6. The fourth-order valence-corrected chi connectivity index (χ4v) is 2.23. The predicted octanol–water partition coefficient (Wildman–Crippen LogP) is -1.14. The Morgan fingerprint density at radius 3 is 2.41 bits per heavy atom. The minimum absolute atomic E-state index is 0.0678. The van der Waals surface area contributed by atoms with E-state index in [0.29, 0.717) is 6.54 Å². The van der Waals surface area contributed by atoms with Crippen LogP contribution in [0.25, 0.3) is 0 Å². The monoisotopic (exact) mass is 243 g/mol. The van der Waals surface area contributed by atoms with Gasteiger partial charge in [0.1, 0.15) is 0 Å². The third-order valence-electron chi connectivity index (χ3n) is 3.40. The summed E-state index contributed by atoms with van der Waals surface area (Å²) in [7, 11) is 0. The molecule has 17 heavy (non-hydrogen) atoms. The van der Waals surface area contributed by atoms with Crippen molar-refractivity contribution in [1.82, 2.24) is 5.32 Å². The van der Waals surface area contributed by atoms with Crippen LogP contribution in [0.15, 0.2) is 0 Å². The first-order valence-corrected chi connectivity index (χ1v) is 5.91. The van der Waals surface area contributed by atoms with Crippen LogP contribution in [-0.4, -0.2) is 36.1 Å². The number of primary amides is 1. The van der Waals surface area contributed by atoms with Crippen LogP contribution in [0.5, 0.6) is 0 Å². The van der Waals surface area contributed by atoms with Gasteiger partial charge in [0, 0.05) is 12.0 Å². The first kappa shape index (κ1) is 13.9. The first-order valence-electron chi connectivity index (χ1n) is 5.91. The summed E-state index contributed by atoms with van der Waals surface area (Å²) in [6.45, 7) is 0.479. The zero-order valence-electron chi connectivity index (χ0n) is 9.95. The van der Waals surface area contributed by atoms with Crippen molar-refractivity contribution in [1.29, 1.82) is 0 Å².